The van der Waals surface area contributed by atoms with Crippen molar-refractivity contribution in [1.29, 1.82) is 0 Å². The number of carbonyl (C=O) groups is 1. The Balaban J connectivity index is 1.97. The Morgan fingerprint density at radius 3 is 2.53 bits per heavy atom. The molecule has 1 atom stereocenters. The standard InChI is InChI=1S/C27H26Cl2N2O4S/c1-6-34-26(33)22-16(5)30-27-31(23(22)17-9-7-15(4)8-10-17)25(32)21(36-27)12-18-11-19(28)13-20(29)24(18)35-14(2)3/h7-14,23H,6H2,1-5H3/b21-12-/t23-/m1/s1. The zero-order chi connectivity index (χ0) is 26.1. The number of benzene rings is 2. The van der Waals surface area contributed by atoms with Crippen LogP contribution < -0.4 is 19.6 Å². The lowest BCUT2D eigenvalue weighted by Crippen LogP contribution is -2.39. The Morgan fingerprint density at radius 1 is 1.19 bits per heavy atom. The van der Waals surface area contributed by atoms with E-state index in [2.05, 4.69) is 4.99 Å². The number of carbonyl (C=O) groups excluding carboxylic acids is 1. The van der Waals surface area contributed by atoms with E-state index in [1.165, 1.54) is 11.3 Å². The van der Waals surface area contributed by atoms with E-state index in [9.17, 15) is 9.59 Å². The van der Waals surface area contributed by atoms with Crippen LogP contribution in [0.1, 0.15) is 50.4 Å². The molecule has 0 N–H and O–H groups in total. The minimum atomic E-state index is -0.669. The van der Waals surface area contributed by atoms with Crippen molar-refractivity contribution in [3.8, 4) is 5.75 Å². The van der Waals surface area contributed by atoms with Gasteiger partial charge >= 0.3 is 5.97 Å². The fourth-order valence-corrected chi connectivity index (χ4v) is 5.64. The van der Waals surface area contributed by atoms with E-state index in [4.69, 9.17) is 32.7 Å². The van der Waals surface area contributed by atoms with Gasteiger partial charge in [0.2, 0.25) is 0 Å². The van der Waals surface area contributed by atoms with Gasteiger partial charge in [0, 0.05) is 10.6 Å². The van der Waals surface area contributed by atoms with Crippen LogP contribution in [0.5, 0.6) is 5.75 Å². The highest BCUT2D eigenvalue weighted by Gasteiger charge is 2.33. The van der Waals surface area contributed by atoms with Gasteiger partial charge in [0.15, 0.2) is 4.80 Å². The van der Waals surface area contributed by atoms with Gasteiger partial charge in [-0.05, 0) is 58.4 Å². The number of allylic oxidation sites excluding steroid dienone is 1. The van der Waals surface area contributed by atoms with Crippen molar-refractivity contribution >= 4 is 46.6 Å². The average molecular weight is 545 g/mol. The fraction of sp³-hybridized carbons (Fsp3) is 0.296. The van der Waals surface area contributed by atoms with E-state index >= 15 is 0 Å². The van der Waals surface area contributed by atoms with Gasteiger partial charge in [0.05, 0.1) is 39.6 Å². The number of fused-ring (bicyclic) bond motifs is 1. The summed E-state index contributed by atoms with van der Waals surface area (Å²) in [5, 5.41) is 0.779. The summed E-state index contributed by atoms with van der Waals surface area (Å²) in [5.74, 6) is -0.0479. The number of nitrogens with zero attached hydrogens (tertiary/aromatic N) is 2. The molecule has 0 unspecified atom stereocenters. The molecular formula is C27H26Cl2N2O4S. The van der Waals surface area contributed by atoms with E-state index < -0.39 is 12.0 Å². The van der Waals surface area contributed by atoms with Crippen LogP contribution in [0.2, 0.25) is 10.0 Å². The van der Waals surface area contributed by atoms with Crippen molar-refractivity contribution in [2.24, 2.45) is 4.99 Å². The number of thiazole rings is 1. The maximum atomic E-state index is 13.8. The first-order valence-corrected chi connectivity index (χ1v) is 13.1. The number of hydrogen-bond donors (Lipinski definition) is 0. The van der Waals surface area contributed by atoms with Crippen LogP contribution in [-0.4, -0.2) is 23.2 Å². The molecule has 0 fully saturated rings. The minimum Gasteiger partial charge on any atom is -0.489 e. The summed E-state index contributed by atoms with van der Waals surface area (Å²) >= 11 is 13.9. The van der Waals surface area contributed by atoms with Gasteiger partial charge in [0.1, 0.15) is 5.75 Å². The van der Waals surface area contributed by atoms with Gasteiger partial charge in [-0.15, -0.1) is 0 Å². The molecule has 0 aliphatic carbocycles. The van der Waals surface area contributed by atoms with Gasteiger partial charge in [-0.2, -0.15) is 0 Å². The van der Waals surface area contributed by atoms with Crippen molar-refractivity contribution in [3.63, 3.8) is 0 Å². The first-order chi connectivity index (χ1) is 17.1. The average Bonchev–Trinajstić information content (AvgIpc) is 3.10. The van der Waals surface area contributed by atoms with Crippen LogP contribution in [0.25, 0.3) is 6.08 Å². The molecule has 188 valence electrons. The lowest BCUT2D eigenvalue weighted by atomic mass is 9.95. The second kappa shape index (κ2) is 10.6. The topological polar surface area (TPSA) is 69.9 Å². The van der Waals surface area contributed by atoms with Crippen LogP contribution in [0.15, 0.2) is 57.5 Å². The summed E-state index contributed by atoms with van der Waals surface area (Å²) < 4.78 is 13.2. The molecule has 9 heteroatoms. The molecule has 1 aliphatic rings. The number of aromatic nitrogens is 1. The third kappa shape index (κ3) is 5.14. The third-order valence-electron chi connectivity index (χ3n) is 5.59. The van der Waals surface area contributed by atoms with Gasteiger partial charge in [-0.1, -0.05) is 64.4 Å². The lowest BCUT2D eigenvalue weighted by Gasteiger charge is -2.24. The van der Waals surface area contributed by atoms with Crippen LogP contribution >= 0.6 is 34.5 Å². The van der Waals surface area contributed by atoms with Crippen molar-refractivity contribution < 1.29 is 14.3 Å². The molecule has 6 nitrogen and oxygen atoms in total. The van der Waals surface area contributed by atoms with Gasteiger partial charge in [0.25, 0.3) is 5.56 Å². The molecule has 0 radical (unpaired) electrons. The number of aryl methyl sites for hydroxylation is 1. The second-order valence-electron chi connectivity index (χ2n) is 8.69. The molecule has 0 spiro atoms. The predicted molar refractivity (Wildman–Crippen MR) is 144 cm³/mol. The Bertz CT molecular complexity index is 1540. The smallest absolute Gasteiger partial charge is 0.338 e. The largest absolute Gasteiger partial charge is 0.489 e. The molecule has 4 rings (SSSR count). The summed E-state index contributed by atoms with van der Waals surface area (Å²) in [5.41, 5.74) is 3.01. The molecule has 0 saturated heterocycles. The van der Waals surface area contributed by atoms with Crippen LogP contribution in [0.4, 0.5) is 0 Å². The molecule has 1 aliphatic heterocycles. The summed E-state index contributed by atoms with van der Waals surface area (Å²) in [6.07, 6.45) is 1.57. The van der Waals surface area contributed by atoms with Crippen LogP contribution in [-0.2, 0) is 9.53 Å². The fourth-order valence-electron chi connectivity index (χ4n) is 4.04. The van der Waals surface area contributed by atoms with Crippen molar-refractivity contribution in [3.05, 3.63) is 94.1 Å². The molecular weight excluding hydrogens is 519 g/mol. The van der Waals surface area contributed by atoms with Gasteiger partial charge < -0.3 is 9.47 Å². The number of ether oxygens (including phenoxy) is 2. The first-order valence-electron chi connectivity index (χ1n) is 11.5. The van der Waals surface area contributed by atoms with Gasteiger partial charge in [-0.3, -0.25) is 9.36 Å². The van der Waals surface area contributed by atoms with Crippen molar-refractivity contribution in [2.45, 2.75) is 46.8 Å². The number of halogens is 2. The Morgan fingerprint density at radius 2 is 1.89 bits per heavy atom. The lowest BCUT2D eigenvalue weighted by molar-refractivity contribution is -0.139. The first kappa shape index (κ1) is 26.2. The Labute approximate surface area is 223 Å². The van der Waals surface area contributed by atoms with Crippen molar-refractivity contribution in [1.82, 2.24) is 4.57 Å². The molecule has 1 aromatic heterocycles. The number of hydrogen-bond acceptors (Lipinski definition) is 6. The van der Waals surface area contributed by atoms with E-state index in [1.54, 1.807) is 36.6 Å². The molecule has 3 aromatic rings. The molecule has 0 amide bonds. The predicted octanol–water partition coefficient (Wildman–Crippen LogP) is 5.20. The summed E-state index contributed by atoms with van der Waals surface area (Å²) in [6.45, 7) is 9.49. The van der Waals surface area contributed by atoms with Crippen LogP contribution in [0, 0.1) is 6.92 Å². The van der Waals surface area contributed by atoms with E-state index in [1.807, 2.05) is 45.0 Å². The van der Waals surface area contributed by atoms with Crippen LogP contribution in [0.3, 0.4) is 0 Å². The monoisotopic (exact) mass is 544 g/mol. The van der Waals surface area contributed by atoms with Crippen molar-refractivity contribution in [2.75, 3.05) is 6.61 Å². The quantitative estimate of drug-likeness (QED) is 0.400. The zero-order valence-electron chi connectivity index (χ0n) is 20.6. The highest BCUT2D eigenvalue weighted by molar-refractivity contribution is 7.07. The third-order valence-corrected chi connectivity index (χ3v) is 7.07. The van der Waals surface area contributed by atoms with E-state index in [-0.39, 0.29) is 18.3 Å². The summed E-state index contributed by atoms with van der Waals surface area (Å²) in [4.78, 5) is 31.9. The van der Waals surface area contributed by atoms with Gasteiger partial charge in [-0.25, -0.2) is 9.79 Å². The highest BCUT2D eigenvalue weighted by Crippen LogP contribution is 2.34. The maximum absolute atomic E-state index is 13.8. The molecule has 2 heterocycles. The minimum absolute atomic E-state index is 0.131. The molecule has 0 bridgehead atoms. The maximum Gasteiger partial charge on any atom is 0.338 e. The molecule has 36 heavy (non-hydrogen) atoms. The second-order valence-corrected chi connectivity index (χ2v) is 10.5. The van der Waals surface area contributed by atoms with E-state index in [0.29, 0.717) is 42.0 Å². The zero-order valence-corrected chi connectivity index (χ0v) is 22.9. The van der Waals surface area contributed by atoms with E-state index in [0.717, 1.165) is 11.1 Å². The Kier molecular flexibility index (Phi) is 7.73. The molecule has 0 saturated carbocycles. The molecule has 2 aromatic carbocycles. The SMILES string of the molecule is CCOC(=O)C1=C(C)N=c2s/c(=C\c3cc(Cl)cc(Cl)c3OC(C)C)c(=O)n2[C@@H]1c1ccc(C)cc1. The highest BCUT2D eigenvalue weighted by atomic mass is 35.5. The summed E-state index contributed by atoms with van der Waals surface area (Å²) in [7, 11) is 0. The normalized spacial score (nSPS) is 15.7. The number of rotatable bonds is 6. The Hall–Kier alpha value is -2.87. The number of esters is 1. The summed E-state index contributed by atoms with van der Waals surface area (Å²) in [6, 6.07) is 10.4.